The number of rotatable bonds is 5. The van der Waals surface area contributed by atoms with Gasteiger partial charge in [0.25, 0.3) is 5.91 Å². The Morgan fingerprint density at radius 3 is 2.65 bits per heavy atom. The molecule has 2 N–H and O–H groups in total. The number of ether oxygens (including phenoxy) is 1. The molecule has 1 aliphatic rings. The molecule has 1 unspecified atom stereocenters. The summed E-state index contributed by atoms with van der Waals surface area (Å²) in [5.74, 6) is -2.94. The number of nitrogens with zero attached hydrogens (tertiary/aromatic N) is 1. The molecule has 1 amide bonds. The lowest BCUT2D eigenvalue weighted by Gasteiger charge is -2.33. The molecule has 0 saturated carbocycles. The molecule has 5 nitrogen and oxygen atoms in total. The number of hydrogen-bond acceptors (Lipinski definition) is 4. The van der Waals surface area contributed by atoms with Crippen LogP contribution in [-0.4, -0.2) is 60.9 Å². The summed E-state index contributed by atoms with van der Waals surface area (Å²) in [6, 6.07) is 1.49. The summed E-state index contributed by atoms with van der Waals surface area (Å²) in [7, 11) is 0. The summed E-state index contributed by atoms with van der Waals surface area (Å²) in [5, 5.41) is 12.7. The number of morpholine rings is 1. The van der Waals surface area contributed by atoms with E-state index >= 15 is 0 Å². The largest absolute Gasteiger partial charge is 0.387 e. The van der Waals surface area contributed by atoms with Gasteiger partial charge in [-0.1, -0.05) is 11.6 Å². The molecule has 0 radical (unpaired) electrons. The summed E-state index contributed by atoms with van der Waals surface area (Å²) in [5.41, 5.74) is -1.34. The quantitative estimate of drug-likeness (QED) is 0.790. The molecule has 1 heterocycles. The second kappa shape index (κ2) is 7.53. The van der Waals surface area contributed by atoms with Gasteiger partial charge in [-0.05, 0) is 19.1 Å². The fraction of sp³-hybridized carbons (Fsp3) is 0.533. The van der Waals surface area contributed by atoms with Gasteiger partial charge < -0.3 is 15.2 Å². The molecular formula is C15H19ClF2N2O3. The minimum absolute atomic E-state index is 0.0431. The third-order valence-corrected chi connectivity index (χ3v) is 3.87. The van der Waals surface area contributed by atoms with Gasteiger partial charge in [-0.3, -0.25) is 9.69 Å². The third-order valence-electron chi connectivity index (χ3n) is 3.55. The highest BCUT2D eigenvalue weighted by Crippen LogP contribution is 2.20. The SMILES string of the molecule is CC(O)(CNC(=O)c1cc(F)c(F)cc1Cl)CN1CCOCC1. The average molecular weight is 349 g/mol. The number of amides is 1. The smallest absolute Gasteiger partial charge is 0.253 e. The normalized spacial score (nSPS) is 18.5. The van der Waals surface area contributed by atoms with Gasteiger partial charge in [0, 0.05) is 26.2 Å². The van der Waals surface area contributed by atoms with E-state index in [2.05, 4.69) is 5.32 Å². The highest BCUT2D eigenvalue weighted by molar-refractivity contribution is 6.33. The lowest BCUT2D eigenvalue weighted by Crippen LogP contribution is -2.51. The molecule has 0 spiro atoms. The highest BCUT2D eigenvalue weighted by Gasteiger charge is 2.26. The van der Waals surface area contributed by atoms with Crippen LogP contribution >= 0.6 is 11.6 Å². The molecule has 1 aromatic carbocycles. The summed E-state index contributed by atoms with van der Waals surface area (Å²) in [6.07, 6.45) is 0. The number of carbonyl (C=O) groups excluding carboxylic acids is 1. The molecule has 0 bridgehead atoms. The zero-order valence-corrected chi connectivity index (χ0v) is 13.5. The molecule has 2 rings (SSSR count). The van der Waals surface area contributed by atoms with Crippen LogP contribution in [0.15, 0.2) is 12.1 Å². The van der Waals surface area contributed by atoms with Gasteiger partial charge >= 0.3 is 0 Å². The number of benzene rings is 1. The van der Waals surface area contributed by atoms with E-state index < -0.39 is 23.1 Å². The Labute approximate surface area is 138 Å². The van der Waals surface area contributed by atoms with Gasteiger partial charge in [0.05, 0.1) is 29.4 Å². The average Bonchev–Trinajstić information content (AvgIpc) is 2.49. The molecule has 23 heavy (non-hydrogen) atoms. The van der Waals surface area contributed by atoms with Crippen LogP contribution in [0.1, 0.15) is 17.3 Å². The van der Waals surface area contributed by atoms with Crippen LogP contribution in [0.25, 0.3) is 0 Å². The standard InChI is InChI=1S/C15H19ClF2N2O3/c1-15(22,9-20-2-4-23-5-3-20)8-19-14(21)10-6-12(17)13(18)7-11(10)16/h6-7,22H,2-5,8-9H2,1H3,(H,19,21). The van der Waals surface area contributed by atoms with Crippen molar-refractivity contribution in [2.45, 2.75) is 12.5 Å². The van der Waals surface area contributed by atoms with E-state index in [1.54, 1.807) is 6.92 Å². The molecule has 1 atom stereocenters. The predicted molar refractivity (Wildman–Crippen MR) is 81.6 cm³/mol. The van der Waals surface area contributed by atoms with Gasteiger partial charge in [0.15, 0.2) is 11.6 Å². The maximum atomic E-state index is 13.2. The van der Waals surface area contributed by atoms with Crippen molar-refractivity contribution in [2.75, 3.05) is 39.4 Å². The first-order valence-electron chi connectivity index (χ1n) is 7.24. The van der Waals surface area contributed by atoms with Crippen molar-refractivity contribution in [3.05, 3.63) is 34.4 Å². The molecule has 0 aromatic heterocycles. The maximum absolute atomic E-state index is 13.2. The van der Waals surface area contributed by atoms with Gasteiger partial charge in [-0.25, -0.2) is 8.78 Å². The van der Waals surface area contributed by atoms with Crippen LogP contribution in [0, 0.1) is 11.6 Å². The second-order valence-corrected chi connectivity index (χ2v) is 6.22. The molecule has 0 aliphatic carbocycles. The summed E-state index contributed by atoms with van der Waals surface area (Å²) in [4.78, 5) is 14.1. The van der Waals surface area contributed by atoms with E-state index in [-0.39, 0.29) is 17.1 Å². The summed E-state index contributed by atoms with van der Waals surface area (Å²) < 4.78 is 31.5. The van der Waals surface area contributed by atoms with Crippen LogP contribution in [0.4, 0.5) is 8.78 Å². The molecule has 1 aromatic rings. The van der Waals surface area contributed by atoms with Gasteiger partial charge in [0.2, 0.25) is 0 Å². The van der Waals surface area contributed by atoms with Gasteiger partial charge in [-0.15, -0.1) is 0 Å². The molecule has 8 heteroatoms. The first-order chi connectivity index (χ1) is 10.8. The Hall–Kier alpha value is -1.28. The Morgan fingerprint density at radius 2 is 2.00 bits per heavy atom. The topological polar surface area (TPSA) is 61.8 Å². The minimum Gasteiger partial charge on any atom is -0.387 e. The van der Waals surface area contributed by atoms with Crippen molar-refractivity contribution in [1.82, 2.24) is 10.2 Å². The maximum Gasteiger partial charge on any atom is 0.253 e. The third kappa shape index (κ3) is 5.10. The number of β-amino-alcohol motifs (C(OH)–C–C–N with tert-alkyl or cyclic N) is 1. The Kier molecular flexibility index (Phi) is 5.91. The molecule has 1 saturated heterocycles. The van der Waals surface area contributed by atoms with Crippen molar-refractivity contribution in [1.29, 1.82) is 0 Å². The van der Waals surface area contributed by atoms with E-state index in [0.717, 1.165) is 12.1 Å². The van der Waals surface area contributed by atoms with E-state index in [0.29, 0.717) is 32.8 Å². The van der Waals surface area contributed by atoms with Crippen molar-refractivity contribution in [3.63, 3.8) is 0 Å². The van der Waals surface area contributed by atoms with Crippen LogP contribution in [0.2, 0.25) is 5.02 Å². The van der Waals surface area contributed by atoms with Crippen LogP contribution < -0.4 is 5.32 Å². The monoisotopic (exact) mass is 348 g/mol. The molecular weight excluding hydrogens is 330 g/mol. The van der Waals surface area contributed by atoms with Gasteiger partial charge in [0.1, 0.15) is 0 Å². The Balaban J connectivity index is 1.93. The number of aliphatic hydroxyl groups is 1. The first kappa shape index (κ1) is 18.1. The van der Waals surface area contributed by atoms with Crippen molar-refractivity contribution in [3.8, 4) is 0 Å². The fourth-order valence-electron chi connectivity index (χ4n) is 2.36. The lowest BCUT2D eigenvalue weighted by molar-refractivity contribution is -0.0213. The Bertz CT molecular complexity index is 578. The lowest BCUT2D eigenvalue weighted by atomic mass is 10.1. The second-order valence-electron chi connectivity index (χ2n) is 5.81. The molecule has 128 valence electrons. The van der Waals surface area contributed by atoms with Crippen molar-refractivity contribution in [2.24, 2.45) is 0 Å². The molecule has 1 fully saturated rings. The highest BCUT2D eigenvalue weighted by atomic mass is 35.5. The van der Waals surface area contributed by atoms with Crippen LogP contribution in [0.3, 0.4) is 0 Å². The summed E-state index contributed by atoms with van der Waals surface area (Å²) >= 11 is 5.75. The zero-order chi connectivity index (χ0) is 17.0. The van der Waals surface area contributed by atoms with Gasteiger partial charge in [-0.2, -0.15) is 0 Å². The number of carbonyl (C=O) groups is 1. The van der Waals surface area contributed by atoms with Crippen LogP contribution in [0.5, 0.6) is 0 Å². The van der Waals surface area contributed by atoms with Crippen LogP contribution in [-0.2, 0) is 4.74 Å². The fourth-order valence-corrected chi connectivity index (χ4v) is 2.60. The van der Waals surface area contributed by atoms with E-state index in [1.165, 1.54) is 0 Å². The van der Waals surface area contributed by atoms with E-state index in [9.17, 15) is 18.7 Å². The van der Waals surface area contributed by atoms with Crippen molar-refractivity contribution >= 4 is 17.5 Å². The number of hydrogen-bond donors (Lipinski definition) is 2. The number of halogens is 3. The predicted octanol–water partition coefficient (Wildman–Crippen LogP) is 1.43. The van der Waals surface area contributed by atoms with E-state index in [4.69, 9.17) is 16.3 Å². The molecule has 1 aliphatic heterocycles. The minimum atomic E-state index is -1.17. The summed E-state index contributed by atoms with van der Waals surface area (Å²) in [6.45, 7) is 4.54. The first-order valence-corrected chi connectivity index (χ1v) is 7.61. The van der Waals surface area contributed by atoms with Crippen molar-refractivity contribution < 1.29 is 23.4 Å². The van der Waals surface area contributed by atoms with E-state index in [1.807, 2.05) is 4.90 Å². The zero-order valence-electron chi connectivity index (χ0n) is 12.7. The Morgan fingerprint density at radius 1 is 1.39 bits per heavy atom. The number of nitrogens with one attached hydrogen (secondary N) is 1.